The molecule has 0 aliphatic rings. The number of unbranched alkanes of at least 4 members (excludes halogenated alkanes) is 1. The van der Waals surface area contributed by atoms with Gasteiger partial charge in [-0.25, -0.2) is 0 Å². The van der Waals surface area contributed by atoms with Gasteiger partial charge < -0.3 is 4.74 Å². The second-order valence-corrected chi connectivity index (χ2v) is 5.33. The number of hydrogen-bond donors (Lipinski definition) is 0. The minimum Gasteiger partial charge on any atom is -0.384 e. The molecule has 0 heterocycles. The molecule has 0 radical (unpaired) electrons. The molecular formula is C14H28O2. The Balaban J connectivity index is 3.66. The Kier molecular flexibility index (Phi) is 8.54. The van der Waals surface area contributed by atoms with Crippen molar-refractivity contribution < 1.29 is 9.53 Å². The molecule has 0 bridgehead atoms. The van der Waals surface area contributed by atoms with E-state index in [0.717, 1.165) is 25.9 Å². The van der Waals surface area contributed by atoms with Crippen molar-refractivity contribution in [3.63, 3.8) is 0 Å². The fourth-order valence-corrected chi connectivity index (χ4v) is 1.82. The number of methoxy groups -OCH3 is 1. The topological polar surface area (TPSA) is 26.3 Å². The van der Waals surface area contributed by atoms with E-state index >= 15 is 0 Å². The van der Waals surface area contributed by atoms with E-state index in [4.69, 9.17) is 4.74 Å². The van der Waals surface area contributed by atoms with Crippen molar-refractivity contribution in [1.82, 2.24) is 0 Å². The van der Waals surface area contributed by atoms with Crippen LogP contribution >= 0.6 is 0 Å². The smallest absolute Gasteiger partial charge is 0.135 e. The number of ether oxygens (including phenoxy) is 1. The highest BCUT2D eigenvalue weighted by molar-refractivity contribution is 5.80. The summed E-state index contributed by atoms with van der Waals surface area (Å²) in [5.41, 5.74) is 0. The van der Waals surface area contributed by atoms with Gasteiger partial charge in [-0.05, 0) is 24.7 Å². The van der Waals surface area contributed by atoms with Crippen molar-refractivity contribution in [3.8, 4) is 0 Å². The van der Waals surface area contributed by atoms with E-state index in [0.29, 0.717) is 17.6 Å². The molecule has 0 aliphatic heterocycles. The molecule has 0 aromatic carbocycles. The molecule has 0 aromatic heterocycles. The molecule has 2 nitrogen and oxygen atoms in total. The molecule has 96 valence electrons. The predicted octanol–water partition coefficient (Wildman–Crippen LogP) is 3.69. The van der Waals surface area contributed by atoms with Crippen LogP contribution in [0.2, 0.25) is 0 Å². The molecule has 0 fully saturated rings. The lowest BCUT2D eigenvalue weighted by Crippen LogP contribution is -2.15. The summed E-state index contributed by atoms with van der Waals surface area (Å²) in [6.07, 6.45) is 4.10. The van der Waals surface area contributed by atoms with Crippen molar-refractivity contribution in [2.45, 2.75) is 53.4 Å². The van der Waals surface area contributed by atoms with Gasteiger partial charge in [-0.2, -0.15) is 0 Å². The summed E-state index contributed by atoms with van der Waals surface area (Å²) in [5, 5.41) is 0. The van der Waals surface area contributed by atoms with Gasteiger partial charge in [-0.15, -0.1) is 0 Å². The van der Waals surface area contributed by atoms with Crippen LogP contribution in [0.5, 0.6) is 0 Å². The van der Waals surface area contributed by atoms with Crippen LogP contribution in [0.15, 0.2) is 0 Å². The Morgan fingerprint density at radius 2 is 1.75 bits per heavy atom. The van der Waals surface area contributed by atoms with Gasteiger partial charge in [0.05, 0.1) is 0 Å². The molecule has 16 heavy (non-hydrogen) atoms. The van der Waals surface area contributed by atoms with Crippen LogP contribution in [0.1, 0.15) is 53.4 Å². The van der Waals surface area contributed by atoms with E-state index in [2.05, 4.69) is 13.8 Å². The zero-order valence-electron chi connectivity index (χ0n) is 11.6. The van der Waals surface area contributed by atoms with Crippen LogP contribution in [0.4, 0.5) is 0 Å². The standard InChI is InChI=1S/C14H28O2/c1-11(2)13(10-16-5)8-6-7-9-14(15)12(3)4/h11-13H,6-10H2,1-5H3. The molecule has 1 unspecified atom stereocenters. The lowest BCUT2D eigenvalue weighted by molar-refractivity contribution is -0.122. The van der Waals surface area contributed by atoms with Gasteiger partial charge in [0.15, 0.2) is 0 Å². The molecule has 0 N–H and O–H groups in total. The van der Waals surface area contributed by atoms with Gasteiger partial charge in [0.1, 0.15) is 5.78 Å². The maximum Gasteiger partial charge on any atom is 0.135 e. The second kappa shape index (κ2) is 8.74. The minimum absolute atomic E-state index is 0.194. The van der Waals surface area contributed by atoms with Crippen LogP contribution in [0.3, 0.4) is 0 Å². The molecule has 0 aliphatic carbocycles. The van der Waals surface area contributed by atoms with Crippen molar-refractivity contribution in [2.24, 2.45) is 17.8 Å². The molecule has 1 atom stereocenters. The first kappa shape index (κ1) is 15.6. The van der Waals surface area contributed by atoms with Crippen molar-refractivity contribution in [1.29, 1.82) is 0 Å². The first-order chi connectivity index (χ1) is 7.49. The average molecular weight is 228 g/mol. The minimum atomic E-state index is 0.194. The van der Waals surface area contributed by atoms with Gasteiger partial charge in [0, 0.05) is 26.1 Å². The summed E-state index contributed by atoms with van der Waals surface area (Å²) in [4.78, 5) is 11.4. The van der Waals surface area contributed by atoms with Gasteiger partial charge >= 0.3 is 0 Å². The van der Waals surface area contributed by atoms with E-state index in [-0.39, 0.29) is 5.92 Å². The summed E-state index contributed by atoms with van der Waals surface area (Å²) >= 11 is 0. The quantitative estimate of drug-likeness (QED) is 0.563. The third-order valence-electron chi connectivity index (χ3n) is 3.22. The molecule has 0 aromatic rings. The van der Waals surface area contributed by atoms with Gasteiger partial charge in [-0.3, -0.25) is 4.79 Å². The lowest BCUT2D eigenvalue weighted by Gasteiger charge is -2.19. The third-order valence-corrected chi connectivity index (χ3v) is 3.22. The Hall–Kier alpha value is -0.370. The normalized spacial score (nSPS) is 13.4. The Morgan fingerprint density at radius 1 is 1.12 bits per heavy atom. The van der Waals surface area contributed by atoms with Crippen LogP contribution in [0, 0.1) is 17.8 Å². The monoisotopic (exact) mass is 228 g/mol. The molecule has 2 heteroatoms. The van der Waals surface area contributed by atoms with E-state index in [1.165, 1.54) is 6.42 Å². The van der Waals surface area contributed by atoms with Crippen LogP contribution in [0.25, 0.3) is 0 Å². The second-order valence-electron chi connectivity index (χ2n) is 5.33. The maximum atomic E-state index is 11.4. The summed E-state index contributed by atoms with van der Waals surface area (Å²) in [6.45, 7) is 9.27. The van der Waals surface area contributed by atoms with Gasteiger partial charge in [-0.1, -0.05) is 34.1 Å². The van der Waals surface area contributed by atoms with Crippen LogP contribution < -0.4 is 0 Å². The van der Waals surface area contributed by atoms with Gasteiger partial charge in [0.25, 0.3) is 0 Å². The van der Waals surface area contributed by atoms with Crippen molar-refractivity contribution in [3.05, 3.63) is 0 Å². The third kappa shape index (κ3) is 7.00. The van der Waals surface area contributed by atoms with E-state index in [1.54, 1.807) is 7.11 Å². The summed E-state index contributed by atoms with van der Waals surface area (Å²) in [6, 6.07) is 0. The van der Waals surface area contributed by atoms with Gasteiger partial charge in [0.2, 0.25) is 0 Å². The summed E-state index contributed by atoms with van der Waals surface area (Å²) in [7, 11) is 1.76. The lowest BCUT2D eigenvalue weighted by atomic mass is 9.90. The van der Waals surface area contributed by atoms with Crippen molar-refractivity contribution >= 4 is 5.78 Å². The summed E-state index contributed by atoms with van der Waals surface area (Å²) < 4.78 is 5.21. The maximum absolute atomic E-state index is 11.4. The van der Waals surface area contributed by atoms with E-state index in [9.17, 15) is 4.79 Å². The Morgan fingerprint density at radius 3 is 2.19 bits per heavy atom. The highest BCUT2D eigenvalue weighted by atomic mass is 16.5. The van der Waals surface area contributed by atoms with E-state index < -0.39 is 0 Å². The zero-order chi connectivity index (χ0) is 12.6. The van der Waals surface area contributed by atoms with Crippen molar-refractivity contribution in [2.75, 3.05) is 13.7 Å². The molecule has 0 rings (SSSR count). The fraction of sp³-hybridized carbons (Fsp3) is 0.929. The number of rotatable bonds is 9. The number of carbonyl (C=O) groups is 1. The first-order valence-electron chi connectivity index (χ1n) is 6.50. The molecule has 0 spiro atoms. The largest absolute Gasteiger partial charge is 0.384 e. The number of Topliss-reactive ketones (excluding diaryl/α,β-unsaturated/α-hetero) is 1. The highest BCUT2D eigenvalue weighted by Gasteiger charge is 2.13. The Labute approximate surface area is 101 Å². The molecule has 0 amide bonds. The predicted molar refractivity (Wildman–Crippen MR) is 68.5 cm³/mol. The average Bonchev–Trinajstić information content (AvgIpc) is 2.21. The zero-order valence-corrected chi connectivity index (χ0v) is 11.6. The van der Waals surface area contributed by atoms with E-state index in [1.807, 2.05) is 13.8 Å². The first-order valence-corrected chi connectivity index (χ1v) is 6.50. The number of hydrogen-bond acceptors (Lipinski definition) is 2. The van der Waals surface area contributed by atoms with Crippen LogP contribution in [-0.2, 0) is 9.53 Å². The fourth-order valence-electron chi connectivity index (χ4n) is 1.82. The molecule has 0 saturated heterocycles. The highest BCUT2D eigenvalue weighted by Crippen LogP contribution is 2.19. The SMILES string of the molecule is COCC(CCCCC(=O)C(C)C)C(C)C. The summed E-state index contributed by atoms with van der Waals surface area (Å²) in [5.74, 6) is 1.90. The number of ketones is 1. The number of carbonyl (C=O) groups excluding carboxylic acids is 1. The Bertz CT molecular complexity index is 185. The van der Waals surface area contributed by atoms with Crippen LogP contribution in [-0.4, -0.2) is 19.5 Å². The molecule has 0 saturated carbocycles. The molecular weight excluding hydrogens is 200 g/mol.